The number of halogens is 1. The van der Waals surface area contributed by atoms with Crippen molar-refractivity contribution in [1.29, 1.82) is 0 Å². The van der Waals surface area contributed by atoms with Gasteiger partial charge in [-0.2, -0.15) is 0 Å². The fraction of sp³-hybridized carbons (Fsp3) is 0.167. The Morgan fingerprint density at radius 1 is 1.20 bits per heavy atom. The Hall–Kier alpha value is -1.06. The predicted molar refractivity (Wildman–Crippen MR) is 61.5 cm³/mol. The highest BCUT2D eigenvalue weighted by molar-refractivity contribution is 9.10. The van der Waals surface area contributed by atoms with E-state index in [1.54, 1.807) is 25.3 Å². The minimum atomic E-state index is -1.08. The first kappa shape index (κ1) is 10.5. The van der Waals surface area contributed by atoms with Crippen LogP contribution in [0.1, 0.15) is 18.2 Å². The molecule has 3 heteroatoms. The van der Waals surface area contributed by atoms with Crippen LogP contribution in [0.4, 0.5) is 0 Å². The lowest BCUT2D eigenvalue weighted by molar-refractivity contribution is 0.0767. The van der Waals surface area contributed by atoms with Gasteiger partial charge in [-0.05, 0) is 36.8 Å². The summed E-state index contributed by atoms with van der Waals surface area (Å²) in [5.74, 6) is 0.546. The first-order chi connectivity index (χ1) is 7.10. The van der Waals surface area contributed by atoms with Crippen LogP contribution in [0.3, 0.4) is 0 Å². The summed E-state index contributed by atoms with van der Waals surface area (Å²) in [6.07, 6.45) is 1.56. The van der Waals surface area contributed by atoms with Gasteiger partial charge in [0.25, 0.3) is 0 Å². The van der Waals surface area contributed by atoms with Crippen LogP contribution < -0.4 is 0 Å². The molecule has 1 atom stereocenters. The van der Waals surface area contributed by atoms with Gasteiger partial charge in [0, 0.05) is 4.47 Å². The van der Waals surface area contributed by atoms with Crippen molar-refractivity contribution in [3.05, 3.63) is 58.5 Å². The largest absolute Gasteiger partial charge is 0.466 e. The molecule has 1 aromatic heterocycles. The van der Waals surface area contributed by atoms with Gasteiger partial charge in [0.2, 0.25) is 0 Å². The molecule has 0 saturated heterocycles. The van der Waals surface area contributed by atoms with Gasteiger partial charge in [-0.15, -0.1) is 0 Å². The minimum Gasteiger partial charge on any atom is -0.466 e. The Balaban J connectivity index is 2.41. The first-order valence-electron chi connectivity index (χ1n) is 4.63. The molecule has 1 heterocycles. The van der Waals surface area contributed by atoms with Gasteiger partial charge in [0.1, 0.15) is 11.4 Å². The molecule has 0 aliphatic rings. The molecule has 1 aromatic carbocycles. The number of hydrogen-bond donors (Lipinski definition) is 1. The second-order valence-electron chi connectivity index (χ2n) is 3.56. The number of rotatable bonds is 2. The van der Waals surface area contributed by atoms with E-state index in [0.29, 0.717) is 5.76 Å². The van der Waals surface area contributed by atoms with E-state index in [4.69, 9.17) is 4.42 Å². The fourth-order valence-corrected chi connectivity index (χ4v) is 1.74. The van der Waals surface area contributed by atoms with E-state index in [1.165, 1.54) is 0 Å². The van der Waals surface area contributed by atoms with Crippen LogP contribution in [-0.4, -0.2) is 5.11 Å². The van der Waals surface area contributed by atoms with E-state index in [0.717, 1.165) is 10.0 Å². The average Bonchev–Trinajstić information content (AvgIpc) is 2.71. The Labute approximate surface area is 96.7 Å². The van der Waals surface area contributed by atoms with Crippen molar-refractivity contribution in [2.75, 3.05) is 0 Å². The maximum atomic E-state index is 10.3. The molecule has 0 bridgehead atoms. The molecule has 0 amide bonds. The van der Waals surface area contributed by atoms with Crippen molar-refractivity contribution in [2.24, 2.45) is 0 Å². The summed E-state index contributed by atoms with van der Waals surface area (Å²) in [5, 5.41) is 10.3. The van der Waals surface area contributed by atoms with Crippen LogP contribution in [0.2, 0.25) is 0 Å². The van der Waals surface area contributed by atoms with Gasteiger partial charge >= 0.3 is 0 Å². The quantitative estimate of drug-likeness (QED) is 0.905. The highest BCUT2D eigenvalue weighted by atomic mass is 79.9. The van der Waals surface area contributed by atoms with Crippen LogP contribution >= 0.6 is 15.9 Å². The minimum absolute atomic E-state index is 0.546. The molecular formula is C12H11BrO2. The molecule has 0 fully saturated rings. The van der Waals surface area contributed by atoms with Gasteiger partial charge in [-0.1, -0.05) is 28.1 Å². The molecule has 1 N–H and O–H groups in total. The number of furan rings is 1. The molecule has 2 aromatic rings. The van der Waals surface area contributed by atoms with E-state index in [2.05, 4.69) is 15.9 Å². The molecule has 0 aliphatic carbocycles. The highest BCUT2D eigenvalue weighted by Gasteiger charge is 2.28. The Morgan fingerprint density at radius 3 is 2.40 bits per heavy atom. The summed E-state index contributed by atoms with van der Waals surface area (Å²) in [6.45, 7) is 1.72. The number of hydrogen-bond acceptors (Lipinski definition) is 2. The summed E-state index contributed by atoms with van der Waals surface area (Å²) in [6, 6.07) is 11.1. The van der Waals surface area contributed by atoms with Crippen molar-refractivity contribution >= 4 is 15.9 Å². The van der Waals surface area contributed by atoms with Crippen LogP contribution in [0.15, 0.2) is 51.6 Å². The predicted octanol–water partition coefficient (Wildman–Crippen LogP) is 3.30. The monoisotopic (exact) mass is 266 g/mol. The van der Waals surface area contributed by atoms with E-state index in [9.17, 15) is 5.11 Å². The third kappa shape index (κ3) is 1.98. The molecule has 0 aliphatic heterocycles. The van der Waals surface area contributed by atoms with Crippen molar-refractivity contribution in [3.8, 4) is 0 Å². The normalized spacial score (nSPS) is 14.9. The smallest absolute Gasteiger partial charge is 0.144 e. The SMILES string of the molecule is C[C@@](O)(c1ccc(Br)cc1)c1ccco1. The van der Waals surface area contributed by atoms with Crippen LogP contribution in [-0.2, 0) is 5.60 Å². The third-order valence-corrected chi connectivity index (χ3v) is 2.94. The second-order valence-corrected chi connectivity index (χ2v) is 4.47. The van der Waals surface area contributed by atoms with Crippen LogP contribution in [0, 0.1) is 0 Å². The summed E-state index contributed by atoms with van der Waals surface area (Å²) in [4.78, 5) is 0. The summed E-state index contributed by atoms with van der Waals surface area (Å²) >= 11 is 3.36. The topological polar surface area (TPSA) is 33.4 Å². The lowest BCUT2D eigenvalue weighted by atomic mass is 9.94. The molecule has 15 heavy (non-hydrogen) atoms. The van der Waals surface area contributed by atoms with Crippen LogP contribution in [0.25, 0.3) is 0 Å². The zero-order valence-electron chi connectivity index (χ0n) is 8.27. The molecular weight excluding hydrogens is 256 g/mol. The number of benzene rings is 1. The molecule has 0 unspecified atom stereocenters. The maximum absolute atomic E-state index is 10.3. The molecule has 0 radical (unpaired) electrons. The zero-order valence-corrected chi connectivity index (χ0v) is 9.86. The van der Waals surface area contributed by atoms with Crippen molar-refractivity contribution in [1.82, 2.24) is 0 Å². The number of aliphatic hydroxyl groups is 1. The average molecular weight is 267 g/mol. The Morgan fingerprint density at radius 2 is 1.87 bits per heavy atom. The molecule has 2 rings (SSSR count). The molecule has 78 valence electrons. The van der Waals surface area contributed by atoms with Crippen molar-refractivity contribution < 1.29 is 9.52 Å². The van der Waals surface area contributed by atoms with Gasteiger partial charge in [-0.3, -0.25) is 0 Å². The van der Waals surface area contributed by atoms with Gasteiger partial charge in [-0.25, -0.2) is 0 Å². The highest BCUT2D eigenvalue weighted by Crippen LogP contribution is 2.29. The Bertz CT molecular complexity index is 429. The van der Waals surface area contributed by atoms with Gasteiger partial charge in [0.15, 0.2) is 0 Å². The lowest BCUT2D eigenvalue weighted by Crippen LogP contribution is -2.21. The molecule has 0 spiro atoms. The standard InChI is InChI=1S/C12H11BrO2/c1-12(14,11-3-2-8-15-11)9-4-6-10(13)7-5-9/h2-8,14H,1H3/t12-/m1/s1. The van der Waals surface area contributed by atoms with Gasteiger partial charge < -0.3 is 9.52 Å². The fourth-order valence-electron chi connectivity index (χ4n) is 1.47. The summed E-state index contributed by atoms with van der Waals surface area (Å²) in [7, 11) is 0. The van der Waals surface area contributed by atoms with Crippen LogP contribution in [0.5, 0.6) is 0 Å². The summed E-state index contributed by atoms with van der Waals surface area (Å²) in [5.41, 5.74) is -0.273. The summed E-state index contributed by atoms with van der Waals surface area (Å²) < 4.78 is 6.21. The molecule has 0 saturated carbocycles. The Kier molecular flexibility index (Phi) is 2.67. The van der Waals surface area contributed by atoms with E-state index < -0.39 is 5.60 Å². The molecule has 2 nitrogen and oxygen atoms in total. The lowest BCUT2D eigenvalue weighted by Gasteiger charge is -2.21. The van der Waals surface area contributed by atoms with Gasteiger partial charge in [0.05, 0.1) is 6.26 Å². The maximum Gasteiger partial charge on any atom is 0.144 e. The third-order valence-electron chi connectivity index (χ3n) is 2.41. The van der Waals surface area contributed by atoms with E-state index >= 15 is 0 Å². The zero-order chi connectivity index (χ0) is 10.9. The first-order valence-corrected chi connectivity index (χ1v) is 5.42. The second kappa shape index (κ2) is 3.83. The van der Waals surface area contributed by atoms with Crippen molar-refractivity contribution in [2.45, 2.75) is 12.5 Å². The van der Waals surface area contributed by atoms with Crippen molar-refractivity contribution in [3.63, 3.8) is 0 Å². The van der Waals surface area contributed by atoms with E-state index in [-0.39, 0.29) is 0 Å². The van der Waals surface area contributed by atoms with E-state index in [1.807, 2.05) is 24.3 Å².